The number of hydrogen-bond acceptors (Lipinski definition) is 3. The predicted molar refractivity (Wildman–Crippen MR) is 75.3 cm³/mol. The van der Waals surface area contributed by atoms with Crippen LogP contribution in [0.25, 0.3) is 0 Å². The first-order valence-corrected chi connectivity index (χ1v) is 6.99. The van der Waals surface area contributed by atoms with Crippen LogP contribution < -0.4 is 0 Å². The number of carbonyl (C=O) groups is 1. The molecule has 1 saturated carbocycles. The maximum absolute atomic E-state index is 11.6. The lowest BCUT2D eigenvalue weighted by Gasteiger charge is -2.35. The second-order valence-corrected chi connectivity index (χ2v) is 5.11. The quantitative estimate of drug-likeness (QED) is 0.734. The number of rotatable bonds is 5. The van der Waals surface area contributed by atoms with E-state index in [0.29, 0.717) is 18.1 Å². The van der Waals surface area contributed by atoms with Crippen molar-refractivity contribution in [3.05, 3.63) is 12.2 Å². The van der Waals surface area contributed by atoms with Crippen LogP contribution in [0.5, 0.6) is 0 Å². The van der Waals surface area contributed by atoms with E-state index in [2.05, 4.69) is 11.9 Å². The molecular weight excluding hydrogens is 224 g/mol. The van der Waals surface area contributed by atoms with Crippen molar-refractivity contribution in [1.29, 1.82) is 0 Å². The van der Waals surface area contributed by atoms with Crippen LogP contribution in [0.3, 0.4) is 0 Å². The highest BCUT2D eigenvalue weighted by molar-refractivity contribution is 6.47. The smallest absolute Gasteiger partial charge is 0.143 e. The fourth-order valence-corrected chi connectivity index (χ4v) is 2.71. The first kappa shape index (κ1) is 13.2. The average molecular weight is 246 g/mol. The van der Waals surface area contributed by atoms with Crippen LogP contribution in [0, 0.1) is 11.8 Å². The van der Waals surface area contributed by atoms with Gasteiger partial charge in [0.2, 0.25) is 0 Å². The molecule has 0 aromatic heterocycles. The zero-order chi connectivity index (χ0) is 13.1. The molecule has 1 heterocycles. The zero-order valence-corrected chi connectivity index (χ0v) is 11.5. The van der Waals surface area contributed by atoms with Crippen LogP contribution in [-0.2, 0) is 4.79 Å². The molecule has 1 aliphatic heterocycles. The monoisotopic (exact) mass is 246 g/mol. The van der Waals surface area contributed by atoms with E-state index in [1.54, 1.807) is 0 Å². The molecule has 2 aliphatic rings. The van der Waals surface area contributed by atoms with Gasteiger partial charge in [0.25, 0.3) is 0 Å². The molecule has 1 aliphatic carbocycles. The van der Waals surface area contributed by atoms with Gasteiger partial charge < -0.3 is 0 Å². The van der Waals surface area contributed by atoms with Crippen molar-refractivity contribution in [2.45, 2.75) is 52.6 Å². The summed E-state index contributed by atoms with van der Waals surface area (Å²) >= 11 is 0. The predicted octanol–water partition coefficient (Wildman–Crippen LogP) is 3.20. The van der Waals surface area contributed by atoms with Crippen molar-refractivity contribution in [1.82, 2.24) is 0 Å². The number of ketones is 1. The van der Waals surface area contributed by atoms with Crippen LogP contribution in [0.4, 0.5) is 0 Å². The molecule has 0 saturated heterocycles. The van der Waals surface area contributed by atoms with Gasteiger partial charge in [0, 0.05) is 18.3 Å². The third-order valence-corrected chi connectivity index (χ3v) is 3.91. The summed E-state index contributed by atoms with van der Waals surface area (Å²) in [5, 5.41) is 0. The maximum Gasteiger partial charge on any atom is 0.143 e. The highest BCUT2D eigenvalue weighted by atomic mass is 16.1. The molecule has 18 heavy (non-hydrogen) atoms. The SMILES string of the molecule is C/C=C\C1=NC(C2CC(C(=O)CC)C2)N=C1CC. The third kappa shape index (κ3) is 2.45. The molecule has 0 aromatic carbocycles. The highest BCUT2D eigenvalue weighted by Gasteiger charge is 2.39. The molecule has 0 N–H and O–H groups in total. The van der Waals surface area contributed by atoms with Crippen molar-refractivity contribution in [2.24, 2.45) is 21.8 Å². The summed E-state index contributed by atoms with van der Waals surface area (Å²) in [5.74, 6) is 1.16. The molecule has 98 valence electrons. The molecule has 0 spiro atoms. The number of nitrogens with zero attached hydrogens (tertiary/aromatic N) is 2. The molecule has 0 aromatic rings. The Morgan fingerprint density at radius 1 is 1.33 bits per heavy atom. The normalized spacial score (nSPS) is 31.2. The summed E-state index contributed by atoms with van der Waals surface area (Å²) in [6.07, 6.45) is 7.68. The molecule has 2 rings (SSSR count). The lowest BCUT2D eigenvalue weighted by molar-refractivity contribution is -0.126. The molecule has 0 bridgehead atoms. The second-order valence-electron chi connectivity index (χ2n) is 5.11. The minimum absolute atomic E-state index is 0.0760. The zero-order valence-electron chi connectivity index (χ0n) is 11.5. The molecule has 0 amide bonds. The molecule has 3 heteroatoms. The summed E-state index contributed by atoms with van der Waals surface area (Å²) in [5.41, 5.74) is 2.15. The van der Waals surface area contributed by atoms with E-state index in [0.717, 1.165) is 30.7 Å². The first-order valence-electron chi connectivity index (χ1n) is 6.99. The first-order chi connectivity index (χ1) is 8.69. The van der Waals surface area contributed by atoms with Gasteiger partial charge >= 0.3 is 0 Å². The Morgan fingerprint density at radius 3 is 2.61 bits per heavy atom. The molecule has 0 radical (unpaired) electrons. The summed E-state index contributed by atoms with van der Waals surface area (Å²) in [6.45, 7) is 6.06. The summed E-state index contributed by atoms with van der Waals surface area (Å²) < 4.78 is 0. The molecule has 3 nitrogen and oxygen atoms in total. The van der Waals surface area contributed by atoms with E-state index >= 15 is 0 Å². The van der Waals surface area contributed by atoms with E-state index in [-0.39, 0.29) is 12.1 Å². The van der Waals surface area contributed by atoms with Gasteiger partial charge in [-0.1, -0.05) is 19.9 Å². The van der Waals surface area contributed by atoms with Gasteiger partial charge in [-0.25, -0.2) is 0 Å². The maximum atomic E-state index is 11.6. The van der Waals surface area contributed by atoms with E-state index in [1.807, 2.05) is 26.0 Å². The van der Waals surface area contributed by atoms with Crippen LogP contribution in [0.15, 0.2) is 22.1 Å². The minimum atomic E-state index is 0.0760. The Labute approximate surface area is 109 Å². The molecule has 1 unspecified atom stereocenters. The van der Waals surface area contributed by atoms with Crippen molar-refractivity contribution < 1.29 is 4.79 Å². The lowest BCUT2D eigenvalue weighted by atomic mass is 9.71. The van der Waals surface area contributed by atoms with Gasteiger partial charge in [-0.05, 0) is 32.3 Å². The van der Waals surface area contributed by atoms with Crippen molar-refractivity contribution in [3.63, 3.8) is 0 Å². The fraction of sp³-hybridized carbons (Fsp3) is 0.667. The van der Waals surface area contributed by atoms with Crippen molar-refractivity contribution in [2.75, 3.05) is 0 Å². The highest BCUT2D eigenvalue weighted by Crippen LogP contribution is 2.40. The van der Waals surface area contributed by atoms with E-state index < -0.39 is 0 Å². The number of allylic oxidation sites excluding steroid dienone is 2. The van der Waals surface area contributed by atoms with Gasteiger partial charge in [0.05, 0.1) is 11.4 Å². The molecule has 1 atom stereocenters. The average Bonchev–Trinajstić information content (AvgIpc) is 2.70. The molecule has 1 fully saturated rings. The van der Waals surface area contributed by atoms with Gasteiger partial charge in [-0.15, -0.1) is 0 Å². The molecular formula is C15H22N2O. The number of Topliss-reactive ketones (excluding diaryl/α,β-unsaturated/α-hetero) is 1. The van der Waals surface area contributed by atoms with E-state index in [9.17, 15) is 4.79 Å². The fourth-order valence-electron chi connectivity index (χ4n) is 2.71. The van der Waals surface area contributed by atoms with E-state index in [1.165, 1.54) is 0 Å². The Morgan fingerprint density at radius 2 is 2.06 bits per heavy atom. The summed E-state index contributed by atoms with van der Waals surface area (Å²) in [6, 6.07) is 0. The summed E-state index contributed by atoms with van der Waals surface area (Å²) in [4.78, 5) is 20.9. The van der Waals surface area contributed by atoms with Gasteiger partial charge in [-0.2, -0.15) is 0 Å². The topological polar surface area (TPSA) is 41.8 Å². The van der Waals surface area contributed by atoms with E-state index in [4.69, 9.17) is 4.99 Å². The van der Waals surface area contributed by atoms with Crippen molar-refractivity contribution in [3.8, 4) is 0 Å². The van der Waals surface area contributed by atoms with Crippen LogP contribution >= 0.6 is 0 Å². The van der Waals surface area contributed by atoms with Crippen LogP contribution in [-0.4, -0.2) is 23.4 Å². The van der Waals surface area contributed by atoms with Crippen LogP contribution in [0.1, 0.15) is 46.5 Å². The number of carbonyl (C=O) groups excluding carboxylic acids is 1. The minimum Gasteiger partial charge on any atom is -0.299 e. The number of aliphatic imine (C=N–C) groups is 2. The van der Waals surface area contributed by atoms with Gasteiger partial charge in [0.1, 0.15) is 11.9 Å². The Bertz CT molecular complexity index is 414. The van der Waals surface area contributed by atoms with Gasteiger partial charge in [0.15, 0.2) is 0 Å². The second kappa shape index (κ2) is 5.59. The van der Waals surface area contributed by atoms with Crippen molar-refractivity contribution >= 4 is 17.2 Å². The Kier molecular flexibility index (Phi) is 4.10. The Balaban J connectivity index is 1.97. The Hall–Kier alpha value is -1.25. The number of hydrogen-bond donors (Lipinski definition) is 0. The largest absolute Gasteiger partial charge is 0.299 e. The third-order valence-electron chi connectivity index (χ3n) is 3.91. The lowest BCUT2D eigenvalue weighted by Crippen LogP contribution is -2.35. The van der Waals surface area contributed by atoms with Crippen LogP contribution in [0.2, 0.25) is 0 Å². The van der Waals surface area contributed by atoms with Gasteiger partial charge in [-0.3, -0.25) is 14.8 Å². The standard InChI is InChI=1S/C15H22N2O/c1-4-7-13-12(5-2)16-15(17-13)11-8-10(9-11)14(18)6-3/h4,7,10-11,15H,5-6,8-9H2,1-3H3/b7-4-. The summed E-state index contributed by atoms with van der Waals surface area (Å²) in [7, 11) is 0.